The van der Waals surface area contributed by atoms with Gasteiger partial charge in [0, 0.05) is 21.6 Å². The lowest BCUT2D eigenvalue weighted by atomic mass is 10.0. The number of benzene rings is 1. The van der Waals surface area contributed by atoms with Crippen molar-refractivity contribution in [1.29, 1.82) is 0 Å². The summed E-state index contributed by atoms with van der Waals surface area (Å²) in [5.74, 6) is 7.61. The van der Waals surface area contributed by atoms with E-state index in [0.717, 1.165) is 23.7 Å². The molecular weight excluding hydrogens is 291 g/mol. The first kappa shape index (κ1) is 14.4. The van der Waals surface area contributed by atoms with E-state index in [1.54, 1.807) is 0 Å². The lowest BCUT2D eigenvalue weighted by Crippen LogP contribution is -2.49. The van der Waals surface area contributed by atoms with Crippen LogP contribution in [-0.4, -0.2) is 30.3 Å². The minimum atomic E-state index is 0.0233. The molecule has 6 heteroatoms. The summed E-state index contributed by atoms with van der Waals surface area (Å²) < 4.78 is 5.73. The van der Waals surface area contributed by atoms with Gasteiger partial charge in [-0.25, -0.2) is 0 Å². The molecule has 0 spiro atoms. The van der Waals surface area contributed by atoms with Gasteiger partial charge >= 0.3 is 0 Å². The number of rotatable bonds is 4. The van der Waals surface area contributed by atoms with Crippen LogP contribution < -0.4 is 11.3 Å². The van der Waals surface area contributed by atoms with Gasteiger partial charge < -0.3 is 4.74 Å². The Labute approximate surface area is 121 Å². The molecule has 0 aliphatic carbocycles. The van der Waals surface area contributed by atoms with Gasteiger partial charge in [-0.3, -0.25) is 11.3 Å². The number of halogens is 2. The van der Waals surface area contributed by atoms with Crippen LogP contribution in [0, 0.1) is 0 Å². The second-order valence-corrected chi connectivity index (χ2v) is 6.13. The summed E-state index contributed by atoms with van der Waals surface area (Å²) >= 11 is 14.2. The fourth-order valence-electron chi connectivity index (χ4n) is 1.98. The van der Waals surface area contributed by atoms with Crippen LogP contribution in [0.1, 0.15) is 5.56 Å². The van der Waals surface area contributed by atoms with Crippen LogP contribution in [-0.2, 0) is 11.2 Å². The van der Waals surface area contributed by atoms with Gasteiger partial charge in [0.15, 0.2) is 0 Å². The Morgan fingerprint density at radius 2 is 2.17 bits per heavy atom. The van der Waals surface area contributed by atoms with Crippen LogP contribution in [0.5, 0.6) is 0 Å². The number of hydrazine groups is 1. The largest absolute Gasteiger partial charge is 0.375 e. The summed E-state index contributed by atoms with van der Waals surface area (Å²) in [6, 6.07) is 5.54. The quantitative estimate of drug-likeness (QED) is 0.663. The van der Waals surface area contributed by atoms with Crippen LogP contribution in [0.4, 0.5) is 0 Å². The van der Waals surface area contributed by atoms with Gasteiger partial charge in [-0.2, -0.15) is 11.8 Å². The number of nitrogens with two attached hydrogens (primary N) is 1. The highest BCUT2D eigenvalue weighted by Gasteiger charge is 2.25. The third-order valence-electron chi connectivity index (χ3n) is 2.99. The first-order valence-electron chi connectivity index (χ1n) is 5.80. The molecule has 0 amide bonds. The highest BCUT2D eigenvalue weighted by atomic mass is 35.5. The molecule has 2 atom stereocenters. The highest BCUT2D eigenvalue weighted by molar-refractivity contribution is 7.99. The fraction of sp³-hybridized carbons (Fsp3) is 0.500. The molecule has 1 aromatic carbocycles. The summed E-state index contributed by atoms with van der Waals surface area (Å²) in [4.78, 5) is 0. The molecule has 0 aromatic heterocycles. The molecule has 3 nitrogen and oxygen atoms in total. The van der Waals surface area contributed by atoms with Crippen molar-refractivity contribution in [3.63, 3.8) is 0 Å². The Hall–Kier alpha value is 0.0300. The van der Waals surface area contributed by atoms with Crippen molar-refractivity contribution >= 4 is 35.0 Å². The number of hydrogen-bond acceptors (Lipinski definition) is 4. The summed E-state index contributed by atoms with van der Waals surface area (Å²) in [5.41, 5.74) is 3.74. The van der Waals surface area contributed by atoms with E-state index < -0.39 is 0 Å². The average molecular weight is 307 g/mol. The lowest BCUT2D eigenvalue weighted by molar-refractivity contribution is 0.0472. The number of nitrogens with one attached hydrogen (secondary N) is 1. The number of thioether (sulfide) groups is 1. The molecule has 100 valence electrons. The first-order valence-corrected chi connectivity index (χ1v) is 7.72. The van der Waals surface area contributed by atoms with E-state index >= 15 is 0 Å². The van der Waals surface area contributed by atoms with E-state index in [4.69, 9.17) is 33.8 Å². The van der Waals surface area contributed by atoms with Crippen LogP contribution >= 0.6 is 35.0 Å². The Balaban J connectivity index is 2.09. The van der Waals surface area contributed by atoms with Gasteiger partial charge in [0.1, 0.15) is 0 Å². The van der Waals surface area contributed by atoms with E-state index in [9.17, 15) is 0 Å². The van der Waals surface area contributed by atoms with E-state index in [1.165, 1.54) is 0 Å². The van der Waals surface area contributed by atoms with Crippen LogP contribution in [0.2, 0.25) is 10.0 Å². The zero-order valence-corrected chi connectivity index (χ0v) is 12.2. The second-order valence-electron chi connectivity index (χ2n) is 4.16. The lowest BCUT2D eigenvalue weighted by Gasteiger charge is -2.30. The monoisotopic (exact) mass is 306 g/mol. The molecule has 1 aromatic rings. The topological polar surface area (TPSA) is 47.3 Å². The van der Waals surface area contributed by atoms with Crippen molar-refractivity contribution < 1.29 is 4.74 Å². The van der Waals surface area contributed by atoms with Gasteiger partial charge in [0.25, 0.3) is 0 Å². The summed E-state index contributed by atoms with van der Waals surface area (Å²) in [7, 11) is 0. The maximum absolute atomic E-state index is 6.17. The van der Waals surface area contributed by atoms with Gasteiger partial charge in [-0.1, -0.05) is 29.3 Å². The summed E-state index contributed by atoms with van der Waals surface area (Å²) in [6.07, 6.45) is 0.765. The Morgan fingerprint density at radius 1 is 1.44 bits per heavy atom. The number of hydrogen-bond donors (Lipinski definition) is 2. The van der Waals surface area contributed by atoms with Crippen molar-refractivity contribution in [2.45, 2.75) is 18.6 Å². The van der Waals surface area contributed by atoms with Gasteiger partial charge in [-0.15, -0.1) is 0 Å². The van der Waals surface area contributed by atoms with Crippen molar-refractivity contribution in [3.05, 3.63) is 33.8 Å². The molecule has 2 rings (SSSR count). The molecule has 1 saturated heterocycles. The van der Waals surface area contributed by atoms with Gasteiger partial charge in [0.05, 0.1) is 18.8 Å². The third kappa shape index (κ3) is 3.53. The van der Waals surface area contributed by atoms with Crippen LogP contribution in [0.15, 0.2) is 18.2 Å². The molecule has 1 aliphatic heterocycles. The molecule has 2 unspecified atom stereocenters. The molecule has 18 heavy (non-hydrogen) atoms. The van der Waals surface area contributed by atoms with Crippen LogP contribution in [0.3, 0.4) is 0 Å². The third-order valence-corrected chi connectivity index (χ3v) is 4.72. The SMILES string of the molecule is NNC(Cc1c(Cl)cccc1Cl)C1CSCCO1. The standard InChI is InChI=1S/C12H16Cl2N2OS/c13-9-2-1-3-10(14)8(9)6-11(16-15)12-7-18-5-4-17-12/h1-3,11-12,16H,4-7,15H2. The fourth-order valence-corrected chi connectivity index (χ4v) is 3.48. The van der Waals surface area contributed by atoms with Crippen molar-refractivity contribution in [1.82, 2.24) is 5.43 Å². The Kier molecular flexibility index (Phi) is 5.60. The van der Waals surface area contributed by atoms with Crippen molar-refractivity contribution in [2.24, 2.45) is 5.84 Å². The smallest absolute Gasteiger partial charge is 0.0835 e. The molecule has 1 fully saturated rings. The predicted molar refractivity (Wildman–Crippen MR) is 78.3 cm³/mol. The van der Waals surface area contributed by atoms with E-state index in [0.29, 0.717) is 16.5 Å². The normalized spacial score (nSPS) is 21.8. The minimum absolute atomic E-state index is 0.0233. The van der Waals surface area contributed by atoms with E-state index in [2.05, 4.69) is 5.43 Å². The molecule has 1 heterocycles. The molecule has 0 radical (unpaired) electrons. The van der Waals surface area contributed by atoms with Crippen LogP contribution in [0.25, 0.3) is 0 Å². The maximum atomic E-state index is 6.17. The van der Waals surface area contributed by atoms with Gasteiger partial charge in [0.2, 0.25) is 0 Å². The highest BCUT2D eigenvalue weighted by Crippen LogP contribution is 2.27. The summed E-state index contributed by atoms with van der Waals surface area (Å²) in [5, 5.41) is 1.34. The maximum Gasteiger partial charge on any atom is 0.0835 e. The zero-order valence-electron chi connectivity index (χ0n) is 9.86. The minimum Gasteiger partial charge on any atom is -0.375 e. The molecule has 0 bridgehead atoms. The number of ether oxygens (including phenoxy) is 1. The Morgan fingerprint density at radius 3 is 2.72 bits per heavy atom. The Bertz CT molecular complexity index is 379. The van der Waals surface area contributed by atoms with E-state index in [-0.39, 0.29) is 12.1 Å². The summed E-state index contributed by atoms with van der Waals surface area (Å²) in [6.45, 7) is 0.768. The zero-order chi connectivity index (χ0) is 13.0. The second kappa shape index (κ2) is 6.98. The van der Waals surface area contributed by atoms with E-state index in [1.807, 2.05) is 30.0 Å². The molecule has 3 N–H and O–H groups in total. The van der Waals surface area contributed by atoms with Crippen molar-refractivity contribution in [3.8, 4) is 0 Å². The van der Waals surface area contributed by atoms with Gasteiger partial charge in [-0.05, 0) is 24.1 Å². The average Bonchev–Trinajstić information content (AvgIpc) is 2.40. The molecule has 1 aliphatic rings. The van der Waals surface area contributed by atoms with Crippen molar-refractivity contribution in [2.75, 3.05) is 18.1 Å². The molecule has 0 saturated carbocycles. The molecular formula is C12H16Cl2N2OS. The predicted octanol–water partition coefficient (Wildman–Crippen LogP) is 2.50. The first-order chi connectivity index (χ1) is 8.72.